The van der Waals surface area contributed by atoms with Crippen LogP contribution in [0.15, 0.2) is 48.5 Å². The second-order valence-corrected chi connectivity index (χ2v) is 15.7. The molecule has 214 valence electrons. The Kier molecular flexibility index (Phi) is 9.85. The number of hydrogen-bond acceptors (Lipinski definition) is 0. The van der Waals surface area contributed by atoms with Crippen LogP contribution in [0.5, 0.6) is 0 Å². The van der Waals surface area contributed by atoms with Gasteiger partial charge in [0.2, 0.25) is 0 Å². The van der Waals surface area contributed by atoms with Crippen LogP contribution >= 0.6 is 15.8 Å². The van der Waals surface area contributed by atoms with Gasteiger partial charge in [0.15, 0.2) is 0 Å². The Balaban J connectivity index is 1.93. The van der Waals surface area contributed by atoms with Gasteiger partial charge < -0.3 is 0 Å². The summed E-state index contributed by atoms with van der Waals surface area (Å²) < 4.78 is 0. The van der Waals surface area contributed by atoms with E-state index in [4.69, 9.17) is 0 Å². The predicted molar refractivity (Wildman–Crippen MR) is 191 cm³/mol. The van der Waals surface area contributed by atoms with E-state index in [0.717, 1.165) is 0 Å². The molecular weight excluding hydrogens is 542 g/mol. The van der Waals surface area contributed by atoms with E-state index < -0.39 is 15.8 Å². The smallest absolute Gasteiger partial charge is 0.0366 e. The normalized spacial score (nSPS) is 10.9. The van der Waals surface area contributed by atoms with Crippen molar-refractivity contribution < 1.29 is 0 Å². The van der Waals surface area contributed by atoms with E-state index in [9.17, 15) is 0 Å². The molecule has 0 aliphatic heterocycles. The van der Waals surface area contributed by atoms with Gasteiger partial charge in [0.1, 0.15) is 0 Å². The van der Waals surface area contributed by atoms with E-state index in [1.54, 1.807) is 0 Å². The summed E-state index contributed by atoms with van der Waals surface area (Å²) in [5, 5.41) is 5.49. The molecule has 0 radical (unpaired) electrons. The van der Waals surface area contributed by atoms with Crippen LogP contribution in [-0.4, -0.2) is 0 Å². The van der Waals surface area contributed by atoms with Gasteiger partial charge in [-0.3, -0.25) is 0 Å². The summed E-state index contributed by atoms with van der Waals surface area (Å²) in [4.78, 5) is 0. The highest BCUT2D eigenvalue weighted by atomic mass is 31.1. The molecule has 0 atom stereocenters. The maximum atomic E-state index is 3.74. The van der Waals surface area contributed by atoms with Crippen LogP contribution in [0, 0.1) is 106 Å². The van der Waals surface area contributed by atoms with E-state index in [0.29, 0.717) is 0 Å². The first-order valence-electron chi connectivity index (χ1n) is 14.7. The number of aryl methyl sites for hydroxylation is 12. The topological polar surface area (TPSA) is 0 Å². The van der Waals surface area contributed by atoms with E-state index in [1.165, 1.54) is 88.0 Å². The maximum absolute atomic E-state index is 3.74. The molecule has 2 heteroatoms. The lowest BCUT2D eigenvalue weighted by Crippen LogP contribution is -2.21. The van der Waals surface area contributed by atoms with Gasteiger partial charge in [-0.2, -0.15) is 0 Å². The summed E-state index contributed by atoms with van der Waals surface area (Å²) in [5.74, 6) is 6.85. The van der Waals surface area contributed by atoms with Crippen LogP contribution in [0.25, 0.3) is 0 Å². The van der Waals surface area contributed by atoms with Gasteiger partial charge in [-0.1, -0.05) is 82.1 Å². The SMILES string of the molecule is Cc1cc(C)c(P(C#CC#CP(c2c(C)cc(C)cc2C)c2c(C)cc(C)cc2C)c2c(C)cc(C)cc2C)c(C)c1. The molecule has 4 rings (SSSR count). The van der Waals surface area contributed by atoms with Crippen LogP contribution in [0.2, 0.25) is 0 Å². The standard InChI is InChI=1S/C40H44P2/c1-25-17-29(5)37(30(6)18-25)41(38-31(7)19-26(2)20-32(38)8)15-13-14-16-42(39-33(9)21-27(3)22-34(39)10)40-35(11)23-28(4)24-36(40)12/h17-24H,1-12H3. The van der Waals surface area contributed by atoms with Crippen molar-refractivity contribution >= 4 is 37.1 Å². The number of rotatable bonds is 4. The Morgan fingerprint density at radius 1 is 0.310 bits per heavy atom. The number of benzene rings is 4. The first-order valence-corrected chi connectivity index (χ1v) is 17.4. The van der Waals surface area contributed by atoms with Crippen molar-refractivity contribution in [3.05, 3.63) is 115 Å². The molecule has 42 heavy (non-hydrogen) atoms. The summed E-state index contributed by atoms with van der Waals surface area (Å²) in [5.41, 5.74) is 23.2. The van der Waals surface area contributed by atoms with Crippen molar-refractivity contribution in [2.45, 2.75) is 83.1 Å². The molecule has 0 aliphatic carbocycles. The van der Waals surface area contributed by atoms with Gasteiger partial charge in [0, 0.05) is 15.8 Å². The second kappa shape index (κ2) is 13.0. The Bertz CT molecular complexity index is 1470. The van der Waals surface area contributed by atoms with Crippen LogP contribution in [0.1, 0.15) is 66.8 Å². The zero-order valence-corrected chi connectivity index (χ0v) is 29.3. The van der Waals surface area contributed by atoms with Crippen LogP contribution in [0.3, 0.4) is 0 Å². The van der Waals surface area contributed by atoms with Crippen LogP contribution in [0.4, 0.5) is 0 Å². The molecule has 0 N–H and O–H groups in total. The highest BCUT2D eigenvalue weighted by molar-refractivity contribution is 7.78. The van der Waals surface area contributed by atoms with Crippen molar-refractivity contribution in [3.8, 4) is 23.2 Å². The van der Waals surface area contributed by atoms with E-state index in [-0.39, 0.29) is 0 Å². The Labute approximate surface area is 257 Å². The molecule has 0 fully saturated rings. The molecule has 0 saturated carbocycles. The molecule has 0 unspecified atom stereocenters. The maximum Gasteiger partial charge on any atom is 0.0366 e. The summed E-state index contributed by atoms with van der Waals surface area (Å²) in [6, 6.07) is 18.4. The Morgan fingerprint density at radius 3 is 0.643 bits per heavy atom. The molecule has 0 bridgehead atoms. The van der Waals surface area contributed by atoms with E-state index in [2.05, 4.69) is 155 Å². The fraction of sp³-hybridized carbons (Fsp3) is 0.300. The molecule has 0 spiro atoms. The summed E-state index contributed by atoms with van der Waals surface area (Å²) >= 11 is 0. The van der Waals surface area contributed by atoms with Crippen molar-refractivity contribution in [1.29, 1.82) is 0 Å². The van der Waals surface area contributed by atoms with E-state index >= 15 is 0 Å². The lowest BCUT2D eigenvalue weighted by molar-refractivity contribution is 1.34. The fourth-order valence-electron chi connectivity index (χ4n) is 6.72. The first-order chi connectivity index (χ1) is 19.8. The van der Waals surface area contributed by atoms with Gasteiger partial charge in [0.25, 0.3) is 0 Å². The second-order valence-electron chi connectivity index (χ2n) is 12.1. The monoisotopic (exact) mass is 586 g/mol. The predicted octanol–water partition coefficient (Wildman–Crippen LogP) is 8.88. The third-order valence-corrected chi connectivity index (χ3v) is 13.1. The van der Waals surface area contributed by atoms with Gasteiger partial charge >= 0.3 is 0 Å². The average Bonchev–Trinajstić information content (AvgIpc) is 2.83. The minimum absolute atomic E-state index is 0.888. The molecule has 4 aromatic rings. The molecule has 0 nitrogen and oxygen atoms in total. The van der Waals surface area contributed by atoms with Crippen molar-refractivity contribution in [2.24, 2.45) is 0 Å². The number of hydrogen-bond donors (Lipinski definition) is 0. The molecule has 0 amide bonds. The van der Waals surface area contributed by atoms with Gasteiger partial charge in [-0.15, -0.1) is 0 Å². The van der Waals surface area contributed by atoms with Gasteiger partial charge in [-0.05, 0) is 161 Å². The average molecular weight is 587 g/mol. The van der Waals surface area contributed by atoms with Gasteiger partial charge in [-0.25, -0.2) is 0 Å². The third-order valence-electron chi connectivity index (χ3n) is 7.83. The molecule has 4 aromatic carbocycles. The van der Waals surface area contributed by atoms with Crippen molar-refractivity contribution in [3.63, 3.8) is 0 Å². The zero-order chi connectivity index (χ0) is 30.9. The summed E-state index contributed by atoms with van der Waals surface area (Å²) in [6.07, 6.45) is 0. The van der Waals surface area contributed by atoms with Crippen LogP contribution in [-0.2, 0) is 0 Å². The molecule has 0 heterocycles. The highest BCUT2D eigenvalue weighted by Gasteiger charge is 2.22. The lowest BCUT2D eigenvalue weighted by atomic mass is 10.1. The highest BCUT2D eigenvalue weighted by Crippen LogP contribution is 2.39. The minimum Gasteiger partial charge on any atom is -0.0557 e. The fourth-order valence-corrected chi connectivity index (χ4v) is 11.3. The van der Waals surface area contributed by atoms with Crippen LogP contribution < -0.4 is 21.2 Å². The van der Waals surface area contributed by atoms with Crippen molar-refractivity contribution in [1.82, 2.24) is 0 Å². The first kappa shape index (κ1) is 31.8. The summed E-state index contributed by atoms with van der Waals surface area (Å²) in [7, 11) is -1.78. The largest absolute Gasteiger partial charge is 0.0557 e. The summed E-state index contributed by atoms with van der Waals surface area (Å²) in [6.45, 7) is 26.6. The zero-order valence-electron chi connectivity index (χ0n) is 27.5. The van der Waals surface area contributed by atoms with E-state index in [1.807, 2.05) is 0 Å². The molecular formula is C40H44P2. The molecule has 0 aliphatic rings. The Morgan fingerprint density at radius 2 is 0.476 bits per heavy atom. The quantitative estimate of drug-likeness (QED) is 0.166. The minimum atomic E-state index is -0.888. The third kappa shape index (κ3) is 6.74. The molecule has 0 saturated heterocycles. The van der Waals surface area contributed by atoms with Gasteiger partial charge in [0.05, 0.1) is 0 Å². The molecule has 0 aromatic heterocycles. The lowest BCUT2D eigenvalue weighted by Gasteiger charge is -2.22. The van der Waals surface area contributed by atoms with Crippen molar-refractivity contribution in [2.75, 3.05) is 0 Å². The Hall–Kier alpha value is -3.14.